The van der Waals surface area contributed by atoms with Crippen molar-refractivity contribution in [1.82, 2.24) is 14.7 Å². The summed E-state index contributed by atoms with van der Waals surface area (Å²) in [4.78, 5) is 19.9. The summed E-state index contributed by atoms with van der Waals surface area (Å²) in [5, 5.41) is 0.641. The Bertz CT molecular complexity index is 996. The van der Waals surface area contributed by atoms with Crippen LogP contribution >= 0.6 is 11.6 Å². The van der Waals surface area contributed by atoms with Gasteiger partial charge in [0.1, 0.15) is 25.6 Å². The Hall–Kier alpha value is -2.48. The maximum atomic E-state index is 13.2. The predicted molar refractivity (Wildman–Crippen MR) is 131 cm³/mol. The molecule has 0 saturated carbocycles. The highest BCUT2D eigenvalue weighted by molar-refractivity contribution is 6.32. The minimum atomic E-state index is 0.117. The fraction of sp³-hybridized carbons (Fsp3) is 0.500. The van der Waals surface area contributed by atoms with E-state index in [1.165, 1.54) is 0 Å². The van der Waals surface area contributed by atoms with E-state index in [0.29, 0.717) is 31.4 Å². The summed E-state index contributed by atoms with van der Waals surface area (Å²) >= 11 is 6.15. The molecule has 0 aliphatic carbocycles. The Morgan fingerprint density at radius 3 is 2.56 bits per heavy atom. The molecule has 8 heteroatoms. The highest BCUT2D eigenvalue weighted by Gasteiger charge is 2.32. The fourth-order valence-electron chi connectivity index (χ4n) is 4.98. The van der Waals surface area contributed by atoms with E-state index >= 15 is 0 Å². The second-order valence-electron chi connectivity index (χ2n) is 9.04. The largest absolute Gasteiger partial charge is 0.491 e. The number of hydrogen-bond acceptors (Lipinski definition) is 6. The van der Waals surface area contributed by atoms with Crippen LogP contribution in [0.2, 0.25) is 5.02 Å². The predicted octanol–water partition coefficient (Wildman–Crippen LogP) is 3.47. The van der Waals surface area contributed by atoms with Gasteiger partial charge in [-0.2, -0.15) is 0 Å². The van der Waals surface area contributed by atoms with Crippen molar-refractivity contribution in [1.29, 1.82) is 0 Å². The molecule has 2 aromatic carbocycles. The number of rotatable bonds is 7. The number of hydrogen-bond donors (Lipinski definition) is 0. The molecule has 0 bridgehead atoms. The number of halogens is 1. The Balaban J connectivity index is 1.09. The topological polar surface area (TPSA) is 54.5 Å². The van der Waals surface area contributed by atoms with E-state index in [9.17, 15) is 4.79 Å². The molecule has 2 fully saturated rings. The van der Waals surface area contributed by atoms with Crippen molar-refractivity contribution in [3.63, 3.8) is 0 Å². The molecule has 3 heterocycles. The van der Waals surface area contributed by atoms with Crippen LogP contribution < -0.4 is 14.2 Å². The van der Waals surface area contributed by atoms with Gasteiger partial charge in [-0.05, 0) is 42.7 Å². The molecule has 1 amide bonds. The zero-order chi connectivity index (χ0) is 23.3. The Morgan fingerprint density at radius 1 is 0.971 bits per heavy atom. The molecule has 2 aromatic rings. The lowest BCUT2D eigenvalue weighted by Gasteiger charge is -2.35. The van der Waals surface area contributed by atoms with Crippen LogP contribution in [0, 0.1) is 0 Å². The number of fused-ring (bicyclic) bond motifs is 1. The summed E-state index contributed by atoms with van der Waals surface area (Å²) in [6, 6.07) is 13.8. The average Bonchev–Trinajstić information content (AvgIpc) is 3.36. The van der Waals surface area contributed by atoms with Crippen LogP contribution in [0.3, 0.4) is 0 Å². The second-order valence-corrected chi connectivity index (χ2v) is 9.45. The third kappa shape index (κ3) is 5.43. The summed E-state index contributed by atoms with van der Waals surface area (Å²) in [6.07, 6.45) is 2.02. The van der Waals surface area contributed by atoms with Gasteiger partial charge in [-0.25, -0.2) is 0 Å². The monoisotopic (exact) mass is 485 g/mol. The van der Waals surface area contributed by atoms with Gasteiger partial charge in [0.25, 0.3) is 0 Å². The van der Waals surface area contributed by atoms with E-state index in [1.807, 2.05) is 36.4 Å². The molecular formula is C26H32ClN3O4. The van der Waals surface area contributed by atoms with Crippen LogP contribution in [0.25, 0.3) is 0 Å². The SMILES string of the molecule is O=C(CN1CCN(CCOc2ccccc2Cl)CC1)N1CCCC1c1ccc2c(c1)OCCO2. The quantitative estimate of drug-likeness (QED) is 0.598. The van der Waals surface area contributed by atoms with E-state index in [0.717, 1.165) is 74.9 Å². The van der Waals surface area contributed by atoms with Gasteiger partial charge in [0.15, 0.2) is 11.5 Å². The van der Waals surface area contributed by atoms with Crippen LogP contribution in [0.4, 0.5) is 0 Å². The molecule has 1 unspecified atom stereocenters. The first kappa shape index (κ1) is 23.3. The number of likely N-dealkylation sites (tertiary alicyclic amines) is 1. The van der Waals surface area contributed by atoms with Gasteiger partial charge in [0, 0.05) is 39.3 Å². The summed E-state index contributed by atoms with van der Waals surface area (Å²) in [7, 11) is 0. The molecule has 34 heavy (non-hydrogen) atoms. The molecule has 7 nitrogen and oxygen atoms in total. The molecule has 0 radical (unpaired) electrons. The molecular weight excluding hydrogens is 454 g/mol. The van der Waals surface area contributed by atoms with E-state index < -0.39 is 0 Å². The average molecular weight is 486 g/mol. The van der Waals surface area contributed by atoms with Crippen molar-refractivity contribution in [2.45, 2.75) is 18.9 Å². The first-order valence-corrected chi connectivity index (χ1v) is 12.6. The van der Waals surface area contributed by atoms with Gasteiger partial charge in [-0.1, -0.05) is 29.8 Å². The fourth-order valence-corrected chi connectivity index (χ4v) is 5.17. The third-order valence-electron chi connectivity index (χ3n) is 6.85. The lowest BCUT2D eigenvalue weighted by molar-refractivity contribution is -0.133. The number of nitrogens with zero attached hydrogens (tertiary/aromatic N) is 3. The van der Waals surface area contributed by atoms with Crippen molar-refractivity contribution >= 4 is 17.5 Å². The number of amides is 1. The van der Waals surface area contributed by atoms with Gasteiger partial charge in [-0.3, -0.25) is 14.6 Å². The zero-order valence-electron chi connectivity index (χ0n) is 19.5. The van der Waals surface area contributed by atoms with E-state index in [-0.39, 0.29) is 11.9 Å². The number of benzene rings is 2. The minimum Gasteiger partial charge on any atom is -0.491 e. The molecule has 2 saturated heterocycles. The highest BCUT2D eigenvalue weighted by atomic mass is 35.5. The molecule has 0 N–H and O–H groups in total. The number of para-hydroxylation sites is 1. The third-order valence-corrected chi connectivity index (χ3v) is 7.16. The molecule has 3 aliphatic heterocycles. The molecule has 182 valence electrons. The number of carbonyl (C=O) groups is 1. The van der Waals surface area contributed by atoms with Gasteiger partial charge in [0.2, 0.25) is 5.91 Å². The zero-order valence-corrected chi connectivity index (χ0v) is 20.2. The van der Waals surface area contributed by atoms with Crippen molar-refractivity contribution in [2.24, 2.45) is 0 Å². The molecule has 5 rings (SSSR count). The van der Waals surface area contributed by atoms with Gasteiger partial charge in [0.05, 0.1) is 17.6 Å². The number of piperazine rings is 1. The van der Waals surface area contributed by atoms with Gasteiger partial charge in [-0.15, -0.1) is 0 Å². The Labute approximate surface area is 206 Å². The molecule has 3 aliphatic rings. The summed E-state index contributed by atoms with van der Waals surface area (Å²) in [5.74, 6) is 2.53. The molecule has 1 atom stereocenters. The standard InChI is InChI=1S/C26H32ClN3O4/c27-21-4-1-2-6-23(21)32-15-14-28-10-12-29(13-11-28)19-26(31)30-9-3-5-22(30)20-7-8-24-25(18-20)34-17-16-33-24/h1-2,4,6-8,18,22H,3,5,9-17,19H2. The Kier molecular flexibility index (Phi) is 7.42. The van der Waals surface area contributed by atoms with Crippen LogP contribution in [-0.4, -0.2) is 86.2 Å². The van der Waals surface area contributed by atoms with E-state index in [4.69, 9.17) is 25.8 Å². The lowest BCUT2D eigenvalue weighted by Crippen LogP contribution is -2.50. The molecule has 0 spiro atoms. The van der Waals surface area contributed by atoms with Crippen LogP contribution in [0.5, 0.6) is 17.2 Å². The lowest BCUT2D eigenvalue weighted by atomic mass is 10.0. The van der Waals surface area contributed by atoms with Gasteiger partial charge < -0.3 is 19.1 Å². The first-order chi connectivity index (χ1) is 16.7. The van der Waals surface area contributed by atoms with Crippen LogP contribution in [-0.2, 0) is 4.79 Å². The summed E-state index contributed by atoms with van der Waals surface area (Å²) in [5.41, 5.74) is 1.14. The number of ether oxygens (including phenoxy) is 3. The number of carbonyl (C=O) groups excluding carboxylic acids is 1. The first-order valence-electron chi connectivity index (χ1n) is 12.2. The highest BCUT2D eigenvalue weighted by Crippen LogP contribution is 2.38. The molecule has 0 aromatic heterocycles. The van der Waals surface area contributed by atoms with Crippen molar-refractivity contribution < 1.29 is 19.0 Å². The second kappa shape index (κ2) is 10.8. The van der Waals surface area contributed by atoms with Crippen LogP contribution in [0.1, 0.15) is 24.4 Å². The summed E-state index contributed by atoms with van der Waals surface area (Å²) in [6.45, 7) is 7.56. The van der Waals surface area contributed by atoms with Crippen molar-refractivity contribution in [3.05, 3.63) is 53.1 Å². The van der Waals surface area contributed by atoms with Crippen molar-refractivity contribution in [3.8, 4) is 17.2 Å². The van der Waals surface area contributed by atoms with E-state index in [1.54, 1.807) is 0 Å². The summed E-state index contributed by atoms with van der Waals surface area (Å²) < 4.78 is 17.2. The van der Waals surface area contributed by atoms with E-state index in [2.05, 4.69) is 20.8 Å². The minimum absolute atomic E-state index is 0.117. The normalized spacial score (nSPS) is 21.0. The Morgan fingerprint density at radius 2 is 1.74 bits per heavy atom. The van der Waals surface area contributed by atoms with Gasteiger partial charge >= 0.3 is 0 Å². The van der Waals surface area contributed by atoms with Crippen LogP contribution in [0.15, 0.2) is 42.5 Å². The maximum absolute atomic E-state index is 13.2. The smallest absolute Gasteiger partial charge is 0.237 e. The maximum Gasteiger partial charge on any atom is 0.237 e. The van der Waals surface area contributed by atoms with Crippen molar-refractivity contribution in [2.75, 3.05) is 65.6 Å².